The Kier molecular flexibility index (Phi) is 18.9. The van der Waals surface area contributed by atoms with Gasteiger partial charge in [0.25, 0.3) is 0 Å². The van der Waals surface area contributed by atoms with E-state index < -0.39 is 0 Å². The zero-order chi connectivity index (χ0) is 10.1. The van der Waals surface area contributed by atoms with Crippen LogP contribution in [-0.2, 0) is 4.74 Å². The SMILES string of the molecule is C.C.CCC1CCN(C)CC1.CCOC. The van der Waals surface area contributed by atoms with Gasteiger partial charge in [-0.25, -0.2) is 0 Å². The van der Waals surface area contributed by atoms with Gasteiger partial charge in [0, 0.05) is 13.7 Å². The summed E-state index contributed by atoms with van der Waals surface area (Å²) in [5, 5.41) is 0. The van der Waals surface area contributed by atoms with Crippen LogP contribution in [0.15, 0.2) is 0 Å². The molecule has 1 aliphatic rings. The van der Waals surface area contributed by atoms with E-state index in [1.54, 1.807) is 7.11 Å². The second-order valence-corrected chi connectivity index (χ2v) is 3.73. The quantitative estimate of drug-likeness (QED) is 0.703. The van der Waals surface area contributed by atoms with Crippen LogP contribution in [0, 0.1) is 5.92 Å². The van der Waals surface area contributed by atoms with Crippen molar-refractivity contribution in [1.82, 2.24) is 4.90 Å². The largest absolute Gasteiger partial charge is 0.385 e. The smallest absolute Gasteiger partial charge is 0.0433 e. The van der Waals surface area contributed by atoms with Gasteiger partial charge in [-0.2, -0.15) is 0 Å². The van der Waals surface area contributed by atoms with Crippen LogP contribution >= 0.6 is 0 Å². The number of methoxy groups -OCH3 is 1. The number of likely N-dealkylation sites (tertiary alicyclic amines) is 1. The Morgan fingerprint density at radius 2 is 1.53 bits per heavy atom. The maximum absolute atomic E-state index is 4.54. The van der Waals surface area contributed by atoms with Crippen molar-refractivity contribution in [3.05, 3.63) is 0 Å². The van der Waals surface area contributed by atoms with Crippen LogP contribution in [0.3, 0.4) is 0 Å². The van der Waals surface area contributed by atoms with Gasteiger partial charge in [0.1, 0.15) is 0 Å². The summed E-state index contributed by atoms with van der Waals surface area (Å²) in [6.45, 7) is 7.72. The third-order valence-electron chi connectivity index (χ3n) is 2.70. The van der Waals surface area contributed by atoms with E-state index in [0.717, 1.165) is 12.5 Å². The highest BCUT2D eigenvalue weighted by molar-refractivity contribution is 4.67. The first kappa shape index (κ1) is 20.3. The van der Waals surface area contributed by atoms with Gasteiger partial charge in [0.15, 0.2) is 0 Å². The molecular formula is C13H33NO. The molecule has 0 atom stereocenters. The summed E-state index contributed by atoms with van der Waals surface area (Å²) >= 11 is 0. The molecule has 0 radical (unpaired) electrons. The molecule has 1 saturated heterocycles. The van der Waals surface area contributed by atoms with Crippen LogP contribution in [0.1, 0.15) is 48.0 Å². The molecular weight excluding hydrogens is 186 g/mol. The molecule has 1 heterocycles. The summed E-state index contributed by atoms with van der Waals surface area (Å²) in [6.07, 6.45) is 4.23. The molecule has 0 unspecified atom stereocenters. The van der Waals surface area contributed by atoms with Gasteiger partial charge >= 0.3 is 0 Å². The van der Waals surface area contributed by atoms with Gasteiger partial charge in [0.2, 0.25) is 0 Å². The molecule has 96 valence electrons. The number of hydrogen-bond acceptors (Lipinski definition) is 2. The summed E-state index contributed by atoms with van der Waals surface area (Å²) in [5.41, 5.74) is 0. The monoisotopic (exact) mass is 219 g/mol. The first-order valence-electron chi connectivity index (χ1n) is 5.42. The molecule has 1 aliphatic heterocycles. The highest BCUT2D eigenvalue weighted by atomic mass is 16.5. The molecule has 0 spiro atoms. The lowest BCUT2D eigenvalue weighted by molar-refractivity contribution is 0.215. The number of nitrogens with zero attached hydrogens (tertiary/aromatic N) is 1. The first-order chi connectivity index (χ1) is 6.24. The fourth-order valence-electron chi connectivity index (χ4n) is 1.47. The number of ether oxygens (including phenoxy) is 1. The molecule has 1 fully saturated rings. The summed E-state index contributed by atoms with van der Waals surface area (Å²) in [6, 6.07) is 0. The Bertz CT molecular complexity index is 96.7. The molecule has 0 aromatic rings. The van der Waals surface area contributed by atoms with E-state index in [-0.39, 0.29) is 14.9 Å². The van der Waals surface area contributed by atoms with Crippen LogP contribution in [-0.4, -0.2) is 38.8 Å². The fourth-order valence-corrected chi connectivity index (χ4v) is 1.47. The summed E-state index contributed by atoms with van der Waals surface area (Å²) in [7, 11) is 3.89. The van der Waals surface area contributed by atoms with Crippen LogP contribution in [0.25, 0.3) is 0 Å². The summed E-state index contributed by atoms with van der Waals surface area (Å²) in [4.78, 5) is 2.42. The van der Waals surface area contributed by atoms with Crippen molar-refractivity contribution < 1.29 is 4.74 Å². The predicted molar refractivity (Wildman–Crippen MR) is 71.5 cm³/mol. The minimum atomic E-state index is 0. The van der Waals surface area contributed by atoms with Crippen molar-refractivity contribution >= 4 is 0 Å². The van der Waals surface area contributed by atoms with Gasteiger partial charge < -0.3 is 9.64 Å². The van der Waals surface area contributed by atoms with Gasteiger partial charge in [-0.05, 0) is 45.8 Å². The average Bonchev–Trinajstić information content (AvgIpc) is 2.19. The Hall–Kier alpha value is -0.0800. The van der Waals surface area contributed by atoms with Crippen LogP contribution in [0.2, 0.25) is 0 Å². The molecule has 15 heavy (non-hydrogen) atoms. The van der Waals surface area contributed by atoms with E-state index in [2.05, 4.69) is 23.6 Å². The molecule has 0 aromatic heterocycles. The second-order valence-electron chi connectivity index (χ2n) is 3.73. The van der Waals surface area contributed by atoms with E-state index in [1.165, 1.54) is 32.4 Å². The fraction of sp³-hybridized carbons (Fsp3) is 1.00. The van der Waals surface area contributed by atoms with Crippen LogP contribution in [0.5, 0.6) is 0 Å². The standard InChI is InChI=1S/C8H17N.C3H8O.2CH4/c1-3-8-4-6-9(2)7-5-8;1-3-4-2;;/h8H,3-7H2,1-2H3;3H2,1-2H3;2*1H4. The molecule has 0 saturated carbocycles. The maximum atomic E-state index is 4.54. The van der Waals surface area contributed by atoms with E-state index in [4.69, 9.17) is 0 Å². The topological polar surface area (TPSA) is 12.5 Å². The minimum Gasteiger partial charge on any atom is -0.385 e. The first-order valence-corrected chi connectivity index (χ1v) is 5.42. The van der Waals surface area contributed by atoms with E-state index in [9.17, 15) is 0 Å². The lowest BCUT2D eigenvalue weighted by atomic mass is 9.95. The minimum absolute atomic E-state index is 0. The Labute approximate surface area is 98.0 Å². The van der Waals surface area contributed by atoms with Gasteiger partial charge in [0.05, 0.1) is 0 Å². The molecule has 0 amide bonds. The Morgan fingerprint density at radius 1 is 1.13 bits per heavy atom. The zero-order valence-corrected chi connectivity index (χ0v) is 9.68. The lowest BCUT2D eigenvalue weighted by Crippen LogP contribution is -2.29. The number of piperidine rings is 1. The van der Waals surface area contributed by atoms with Crippen molar-refractivity contribution in [2.24, 2.45) is 5.92 Å². The molecule has 0 aromatic carbocycles. The van der Waals surface area contributed by atoms with Gasteiger partial charge in [-0.1, -0.05) is 28.2 Å². The molecule has 1 rings (SSSR count). The second kappa shape index (κ2) is 13.9. The highest BCUT2D eigenvalue weighted by Crippen LogP contribution is 2.18. The molecule has 0 N–H and O–H groups in total. The van der Waals surface area contributed by atoms with Crippen molar-refractivity contribution in [1.29, 1.82) is 0 Å². The molecule has 0 aliphatic carbocycles. The van der Waals surface area contributed by atoms with Crippen molar-refractivity contribution in [2.45, 2.75) is 48.0 Å². The van der Waals surface area contributed by atoms with Crippen molar-refractivity contribution in [2.75, 3.05) is 33.9 Å². The zero-order valence-electron chi connectivity index (χ0n) is 9.68. The van der Waals surface area contributed by atoms with E-state index in [0.29, 0.717) is 0 Å². The predicted octanol–water partition coefficient (Wildman–Crippen LogP) is 3.66. The maximum Gasteiger partial charge on any atom is 0.0433 e. The highest BCUT2D eigenvalue weighted by Gasteiger charge is 2.13. The third kappa shape index (κ3) is 11.8. The van der Waals surface area contributed by atoms with Crippen LogP contribution in [0.4, 0.5) is 0 Å². The summed E-state index contributed by atoms with van der Waals surface area (Å²) < 4.78 is 4.54. The van der Waals surface area contributed by atoms with E-state index in [1.807, 2.05) is 6.92 Å². The molecule has 2 heteroatoms. The number of rotatable bonds is 2. The van der Waals surface area contributed by atoms with E-state index >= 15 is 0 Å². The normalized spacial score (nSPS) is 16.8. The Morgan fingerprint density at radius 3 is 1.80 bits per heavy atom. The number of hydrogen-bond donors (Lipinski definition) is 0. The van der Waals surface area contributed by atoms with Gasteiger partial charge in [-0.15, -0.1) is 0 Å². The summed E-state index contributed by atoms with van der Waals surface area (Å²) in [5.74, 6) is 1.03. The third-order valence-corrected chi connectivity index (χ3v) is 2.70. The van der Waals surface area contributed by atoms with Gasteiger partial charge in [-0.3, -0.25) is 0 Å². The average molecular weight is 219 g/mol. The van der Waals surface area contributed by atoms with Crippen molar-refractivity contribution in [3.63, 3.8) is 0 Å². The molecule has 0 bridgehead atoms. The Balaban J connectivity index is -0.000000213. The molecule has 2 nitrogen and oxygen atoms in total. The lowest BCUT2D eigenvalue weighted by Gasteiger charge is -2.27. The van der Waals surface area contributed by atoms with Crippen molar-refractivity contribution in [3.8, 4) is 0 Å². The van der Waals surface area contributed by atoms with Crippen LogP contribution < -0.4 is 0 Å².